The van der Waals surface area contributed by atoms with Gasteiger partial charge in [0.1, 0.15) is 5.82 Å². The molecule has 5 nitrogen and oxygen atoms in total. The van der Waals surface area contributed by atoms with Crippen molar-refractivity contribution in [2.75, 3.05) is 5.32 Å². The van der Waals surface area contributed by atoms with Crippen LogP contribution in [0.15, 0.2) is 24.3 Å². The normalized spacial score (nSPS) is 11.8. The van der Waals surface area contributed by atoms with Crippen LogP contribution in [0.1, 0.15) is 27.7 Å². The second-order valence-electron chi connectivity index (χ2n) is 5.64. The molecule has 20 heavy (non-hydrogen) atoms. The first-order valence-corrected chi connectivity index (χ1v) is 6.14. The largest absolute Gasteiger partial charge is 0.481 e. The van der Waals surface area contributed by atoms with E-state index in [0.717, 1.165) is 0 Å². The quantitative estimate of drug-likeness (QED) is 0.794. The molecule has 110 valence electrons. The molecule has 0 aliphatic heterocycles. The van der Waals surface area contributed by atoms with Crippen molar-refractivity contribution >= 4 is 17.7 Å². The Morgan fingerprint density at radius 2 is 1.60 bits per heavy atom. The van der Waals surface area contributed by atoms with Gasteiger partial charge in [-0.2, -0.15) is 0 Å². The van der Waals surface area contributed by atoms with Gasteiger partial charge in [-0.1, -0.05) is 0 Å². The second-order valence-corrected chi connectivity index (χ2v) is 5.64. The number of hydrogen-bond acceptors (Lipinski definition) is 2. The van der Waals surface area contributed by atoms with Crippen LogP contribution in [-0.4, -0.2) is 22.6 Å². The molecule has 6 heteroatoms. The van der Waals surface area contributed by atoms with E-state index in [4.69, 9.17) is 0 Å². The molecule has 1 rings (SSSR count). The molecule has 0 aromatic heterocycles. The molecule has 0 atom stereocenters. The monoisotopic (exact) mass is 282 g/mol. The molecule has 0 aliphatic rings. The molecular formula is C14H19FN2O3. The zero-order chi connectivity index (χ0) is 15.6. The number of carboxylic acids is 1. The number of carbonyl (C=O) groups is 2. The van der Waals surface area contributed by atoms with Gasteiger partial charge in [0.2, 0.25) is 0 Å². The summed E-state index contributed by atoms with van der Waals surface area (Å²) in [4.78, 5) is 23.1. The van der Waals surface area contributed by atoms with Crippen LogP contribution in [0.25, 0.3) is 0 Å². The molecule has 0 bridgehead atoms. The maximum atomic E-state index is 12.7. The molecule has 0 fully saturated rings. The van der Waals surface area contributed by atoms with Gasteiger partial charge in [0.25, 0.3) is 0 Å². The number of carbonyl (C=O) groups excluding carboxylic acids is 1. The summed E-state index contributed by atoms with van der Waals surface area (Å²) in [6.45, 7) is 6.33. The van der Waals surface area contributed by atoms with Gasteiger partial charge in [-0.15, -0.1) is 0 Å². The van der Waals surface area contributed by atoms with Crippen molar-refractivity contribution < 1.29 is 19.1 Å². The molecule has 0 saturated carbocycles. The number of amides is 2. The van der Waals surface area contributed by atoms with Crippen LogP contribution >= 0.6 is 0 Å². The van der Waals surface area contributed by atoms with Crippen LogP contribution in [0, 0.1) is 11.2 Å². The first-order valence-electron chi connectivity index (χ1n) is 6.14. The Bertz CT molecular complexity index is 510. The third kappa shape index (κ3) is 3.46. The Morgan fingerprint density at radius 3 is 2.05 bits per heavy atom. The first kappa shape index (κ1) is 15.9. The number of anilines is 1. The summed E-state index contributed by atoms with van der Waals surface area (Å²) >= 11 is 0. The third-order valence-electron chi connectivity index (χ3n) is 3.63. The van der Waals surface area contributed by atoms with Crippen LogP contribution in [0.3, 0.4) is 0 Å². The number of urea groups is 1. The summed E-state index contributed by atoms with van der Waals surface area (Å²) in [7, 11) is 0. The summed E-state index contributed by atoms with van der Waals surface area (Å²) in [5.41, 5.74) is -1.69. The number of halogens is 1. The lowest BCUT2D eigenvalue weighted by molar-refractivity contribution is -0.150. The fraction of sp³-hybridized carbons (Fsp3) is 0.429. The number of benzene rings is 1. The van der Waals surface area contributed by atoms with Crippen LogP contribution in [0.2, 0.25) is 0 Å². The van der Waals surface area contributed by atoms with Crippen molar-refractivity contribution in [3.8, 4) is 0 Å². The Morgan fingerprint density at radius 1 is 1.10 bits per heavy atom. The van der Waals surface area contributed by atoms with Gasteiger partial charge < -0.3 is 15.7 Å². The van der Waals surface area contributed by atoms with Crippen molar-refractivity contribution in [2.45, 2.75) is 33.2 Å². The number of carboxylic acid groups (broad SMARTS) is 1. The SMILES string of the molecule is CC(C)(NC(=O)Nc1ccc(F)cc1)C(C)(C)C(=O)O. The lowest BCUT2D eigenvalue weighted by Gasteiger charge is -2.38. The fourth-order valence-corrected chi connectivity index (χ4v) is 1.40. The highest BCUT2D eigenvalue weighted by atomic mass is 19.1. The number of nitrogens with one attached hydrogen (secondary N) is 2. The summed E-state index contributed by atoms with van der Waals surface area (Å²) in [6, 6.07) is 4.74. The van der Waals surface area contributed by atoms with Gasteiger partial charge in [-0.05, 0) is 52.0 Å². The zero-order valence-corrected chi connectivity index (χ0v) is 12.0. The van der Waals surface area contributed by atoms with Crippen LogP contribution in [0.5, 0.6) is 0 Å². The van der Waals surface area contributed by atoms with E-state index in [1.807, 2.05) is 0 Å². The lowest BCUT2D eigenvalue weighted by Crippen LogP contribution is -2.57. The van der Waals surface area contributed by atoms with Crippen molar-refractivity contribution in [3.63, 3.8) is 0 Å². The Labute approximate surface area is 117 Å². The average molecular weight is 282 g/mol. The van der Waals surface area contributed by atoms with E-state index in [-0.39, 0.29) is 0 Å². The molecular weight excluding hydrogens is 263 g/mol. The van der Waals surface area contributed by atoms with Crippen molar-refractivity contribution in [1.82, 2.24) is 5.32 Å². The van der Waals surface area contributed by atoms with Gasteiger partial charge in [0.15, 0.2) is 0 Å². The molecule has 0 unspecified atom stereocenters. The van der Waals surface area contributed by atoms with E-state index in [2.05, 4.69) is 10.6 Å². The van der Waals surface area contributed by atoms with Crippen molar-refractivity contribution in [2.24, 2.45) is 5.41 Å². The van der Waals surface area contributed by atoms with Crippen LogP contribution in [-0.2, 0) is 4.79 Å². The van der Waals surface area contributed by atoms with Gasteiger partial charge in [-0.3, -0.25) is 4.79 Å². The van der Waals surface area contributed by atoms with E-state index in [0.29, 0.717) is 5.69 Å². The zero-order valence-electron chi connectivity index (χ0n) is 12.0. The minimum atomic E-state index is -1.15. The maximum absolute atomic E-state index is 12.7. The lowest BCUT2D eigenvalue weighted by atomic mass is 9.74. The van der Waals surface area contributed by atoms with E-state index >= 15 is 0 Å². The number of rotatable bonds is 4. The molecule has 2 amide bonds. The minimum absolute atomic E-state index is 0.400. The molecule has 3 N–H and O–H groups in total. The number of aliphatic carboxylic acids is 1. The standard InChI is InChI=1S/C14H19FN2O3/c1-13(2,11(18)19)14(3,4)17-12(20)16-10-7-5-9(15)6-8-10/h5-8H,1-4H3,(H,18,19)(H2,16,17,20). The summed E-state index contributed by atoms with van der Waals surface area (Å²) in [5, 5.41) is 14.3. The summed E-state index contributed by atoms with van der Waals surface area (Å²) in [6.07, 6.45) is 0. The van der Waals surface area contributed by atoms with E-state index in [9.17, 15) is 19.1 Å². The molecule has 0 aliphatic carbocycles. The van der Waals surface area contributed by atoms with E-state index < -0.39 is 28.8 Å². The molecule has 0 radical (unpaired) electrons. The summed E-state index contributed by atoms with van der Waals surface area (Å²) in [5.74, 6) is -1.41. The van der Waals surface area contributed by atoms with Crippen molar-refractivity contribution in [1.29, 1.82) is 0 Å². The van der Waals surface area contributed by atoms with Gasteiger partial charge in [0, 0.05) is 5.69 Å². The Kier molecular flexibility index (Phi) is 4.37. The highest BCUT2D eigenvalue weighted by Gasteiger charge is 2.44. The maximum Gasteiger partial charge on any atom is 0.319 e. The molecule has 1 aromatic carbocycles. The third-order valence-corrected chi connectivity index (χ3v) is 3.63. The molecule has 0 spiro atoms. The summed E-state index contributed by atoms with van der Waals surface area (Å²) < 4.78 is 12.7. The number of hydrogen-bond donors (Lipinski definition) is 3. The van der Waals surface area contributed by atoms with E-state index in [1.54, 1.807) is 13.8 Å². The smallest absolute Gasteiger partial charge is 0.319 e. The Balaban J connectivity index is 2.75. The minimum Gasteiger partial charge on any atom is -0.481 e. The average Bonchev–Trinajstić information content (AvgIpc) is 2.31. The predicted molar refractivity (Wildman–Crippen MR) is 74.1 cm³/mol. The van der Waals surface area contributed by atoms with Gasteiger partial charge in [-0.25, -0.2) is 9.18 Å². The van der Waals surface area contributed by atoms with Crippen LogP contribution < -0.4 is 10.6 Å². The topological polar surface area (TPSA) is 78.4 Å². The Hall–Kier alpha value is -2.11. The molecule has 0 saturated heterocycles. The highest BCUT2D eigenvalue weighted by molar-refractivity contribution is 5.90. The first-order chi connectivity index (χ1) is 9.06. The highest BCUT2D eigenvalue weighted by Crippen LogP contribution is 2.30. The van der Waals surface area contributed by atoms with Crippen molar-refractivity contribution in [3.05, 3.63) is 30.1 Å². The molecule has 0 heterocycles. The molecule has 1 aromatic rings. The predicted octanol–water partition coefficient (Wildman–Crippen LogP) is 2.84. The van der Waals surface area contributed by atoms with Gasteiger partial charge in [0.05, 0.1) is 11.0 Å². The second kappa shape index (κ2) is 5.48. The fourth-order valence-electron chi connectivity index (χ4n) is 1.40. The van der Waals surface area contributed by atoms with Gasteiger partial charge >= 0.3 is 12.0 Å². The van der Waals surface area contributed by atoms with Crippen LogP contribution in [0.4, 0.5) is 14.9 Å². The van der Waals surface area contributed by atoms with E-state index in [1.165, 1.54) is 38.1 Å².